The lowest BCUT2D eigenvalue weighted by molar-refractivity contribution is -0.204. The van der Waals surface area contributed by atoms with Gasteiger partial charge < -0.3 is 15.3 Å². The van der Waals surface area contributed by atoms with E-state index in [0.29, 0.717) is 21.2 Å². The van der Waals surface area contributed by atoms with E-state index in [-0.39, 0.29) is 29.9 Å². The number of alkyl halides is 3. The minimum Gasteiger partial charge on any atom is -0.382 e. The summed E-state index contributed by atoms with van der Waals surface area (Å²) < 4.78 is 40.6. The Labute approximate surface area is 239 Å². The summed E-state index contributed by atoms with van der Waals surface area (Å²) >= 11 is 5.85. The van der Waals surface area contributed by atoms with Crippen molar-refractivity contribution in [2.24, 2.45) is 0 Å². The molecule has 2 aromatic carbocycles. The van der Waals surface area contributed by atoms with Crippen LogP contribution in [-0.4, -0.2) is 79.4 Å². The van der Waals surface area contributed by atoms with Crippen molar-refractivity contribution in [3.8, 4) is 5.69 Å². The first-order chi connectivity index (χ1) is 19.5. The monoisotopic (exact) mass is 591 g/mol. The second-order valence-electron chi connectivity index (χ2n) is 9.66. The molecule has 1 saturated carbocycles. The van der Waals surface area contributed by atoms with Crippen molar-refractivity contribution in [1.29, 1.82) is 5.41 Å². The van der Waals surface area contributed by atoms with Crippen molar-refractivity contribution < 1.29 is 27.9 Å². The fourth-order valence-corrected chi connectivity index (χ4v) is 4.69. The SMILES string of the molecule is CN(C(=O)c1ccccc1-n1cnc(CNC(=O)N(C[C@H](O)C(F)(F)F)C(=N)c2ccc(Cl)cc2)n1)C1CCCC1. The molecule has 0 spiro atoms. The number of halogens is 4. The van der Waals surface area contributed by atoms with Crippen LogP contribution in [0.4, 0.5) is 18.0 Å². The molecule has 1 heterocycles. The van der Waals surface area contributed by atoms with Gasteiger partial charge >= 0.3 is 12.2 Å². The van der Waals surface area contributed by atoms with E-state index < -0.39 is 30.7 Å². The Morgan fingerprint density at radius 3 is 2.49 bits per heavy atom. The lowest BCUT2D eigenvalue weighted by Gasteiger charge is -2.27. The van der Waals surface area contributed by atoms with Crippen LogP contribution in [0.2, 0.25) is 5.02 Å². The lowest BCUT2D eigenvalue weighted by Crippen LogP contribution is -2.50. The molecular weight excluding hydrogens is 563 g/mol. The van der Waals surface area contributed by atoms with Crippen molar-refractivity contribution >= 4 is 29.4 Å². The minimum absolute atomic E-state index is 0.110. The molecule has 1 aromatic heterocycles. The molecule has 0 aliphatic heterocycles. The summed E-state index contributed by atoms with van der Waals surface area (Å²) in [6.07, 6.45) is -2.47. The summed E-state index contributed by atoms with van der Waals surface area (Å²) in [4.78, 5) is 32.6. The third kappa shape index (κ3) is 7.22. The molecule has 1 atom stereocenters. The molecule has 3 aromatic rings. The number of hydrogen-bond donors (Lipinski definition) is 3. The second-order valence-corrected chi connectivity index (χ2v) is 10.1. The highest BCUT2D eigenvalue weighted by atomic mass is 35.5. The fourth-order valence-electron chi connectivity index (χ4n) is 4.56. The number of amides is 3. The number of nitrogens with one attached hydrogen (secondary N) is 2. The number of hydrogen-bond acceptors (Lipinski definition) is 6. The van der Waals surface area contributed by atoms with Gasteiger partial charge in [-0.3, -0.25) is 15.1 Å². The highest BCUT2D eigenvalue weighted by molar-refractivity contribution is 6.30. The van der Waals surface area contributed by atoms with E-state index in [9.17, 15) is 27.9 Å². The van der Waals surface area contributed by atoms with E-state index in [0.717, 1.165) is 25.7 Å². The van der Waals surface area contributed by atoms with Crippen LogP contribution >= 0.6 is 11.6 Å². The van der Waals surface area contributed by atoms with E-state index in [2.05, 4.69) is 15.4 Å². The van der Waals surface area contributed by atoms with Crippen molar-refractivity contribution in [2.45, 2.75) is 50.6 Å². The maximum absolute atomic E-state index is 13.3. The average Bonchev–Trinajstić information content (AvgIpc) is 3.66. The van der Waals surface area contributed by atoms with Crippen LogP contribution in [0.5, 0.6) is 0 Å². The number of aromatic nitrogens is 3. The number of carbonyl (C=O) groups is 2. The lowest BCUT2D eigenvalue weighted by atomic mass is 10.1. The normalized spacial score (nSPS) is 14.5. The number of para-hydroxylation sites is 1. The van der Waals surface area contributed by atoms with Gasteiger partial charge in [0.05, 0.1) is 24.3 Å². The van der Waals surface area contributed by atoms with Crippen LogP contribution in [0.3, 0.4) is 0 Å². The van der Waals surface area contributed by atoms with Gasteiger partial charge in [-0.1, -0.05) is 36.6 Å². The number of urea groups is 1. The first-order valence-electron chi connectivity index (χ1n) is 12.9. The van der Waals surface area contributed by atoms with Crippen molar-refractivity contribution in [3.63, 3.8) is 0 Å². The van der Waals surface area contributed by atoms with E-state index in [1.54, 1.807) is 36.2 Å². The summed E-state index contributed by atoms with van der Waals surface area (Å²) in [7, 11) is 1.78. The van der Waals surface area contributed by atoms with Crippen LogP contribution in [0.1, 0.15) is 47.4 Å². The van der Waals surface area contributed by atoms with Crippen LogP contribution in [-0.2, 0) is 6.54 Å². The molecule has 1 aliphatic rings. The zero-order valence-corrected chi connectivity index (χ0v) is 22.9. The van der Waals surface area contributed by atoms with E-state index in [1.165, 1.54) is 35.3 Å². The molecule has 1 fully saturated rings. The van der Waals surface area contributed by atoms with Crippen LogP contribution in [0.25, 0.3) is 5.69 Å². The zero-order chi connectivity index (χ0) is 29.7. The highest BCUT2D eigenvalue weighted by Gasteiger charge is 2.41. The summed E-state index contributed by atoms with van der Waals surface area (Å²) in [6.45, 7) is -1.50. The maximum atomic E-state index is 13.3. The number of benzene rings is 2. The van der Waals surface area contributed by atoms with Crippen LogP contribution < -0.4 is 5.32 Å². The number of nitrogens with zero attached hydrogens (tertiary/aromatic N) is 5. The molecule has 3 amide bonds. The molecule has 10 nitrogen and oxygen atoms in total. The smallest absolute Gasteiger partial charge is 0.382 e. The quantitative estimate of drug-likeness (QED) is 0.264. The number of aliphatic hydroxyl groups excluding tert-OH is 1. The largest absolute Gasteiger partial charge is 0.416 e. The Kier molecular flexibility index (Phi) is 9.28. The first-order valence-corrected chi connectivity index (χ1v) is 13.2. The maximum Gasteiger partial charge on any atom is 0.416 e. The zero-order valence-electron chi connectivity index (χ0n) is 22.1. The molecule has 0 radical (unpaired) electrons. The predicted molar refractivity (Wildman–Crippen MR) is 145 cm³/mol. The molecule has 4 rings (SSSR count). The Balaban J connectivity index is 1.49. The molecule has 14 heteroatoms. The van der Waals surface area contributed by atoms with Crippen molar-refractivity contribution in [1.82, 2.24) is 29.9 Å². The third-order valence-electron chi connectivity index (χ3n) is 6.88. The number of aliphatic hydroxyl groups is 1. The minimum atomic E-state index is -5.00. The molecule has 218 valence electrons. The number of carbonyl (C=O) groups excluding carboxylic acids is 2. The van der Waals surface area contributed by atoms with Gasteiger partial charge in [0.2, 0.25) is 0 Å². The van der Waals surface area contributed by atoms with Crippen molar-refractivity contribution in [3.05, 3.63) is 76.8 Å². The molecule has 41 heavy (non-hydrogen) atoms. The Hall–Kier alpha value is -3.97. The molecule has 0 bridgehead atoms. The van der Waals surface area contributed by atoms with Crippen molar-refractivity contribution in [2.75, 3.05) is 13.6 Å². The predicted octanol–water partition coefficient (Wildman–Crippen LogP) is 4.40. The topological polar surface area (TPSA) is 127 Å². The summed E-state index contributed by atoms with van der Waals surface area (Å²) in [5.74, 6) is -0.615. The second kappa shape index (κ2) is 12.7. The first kappa shape index (κ1) is 30.0. The van der Waals surface area contributed by atoms with Gasteiger partial charge in [-0.2, -0.15) is 13.2 Å². The molecular formula is C27H29ClF3N7O3. The molecule has 0 unspecified atom stereocenters. The van der Waals surface area contributed by atoms with Gasteiger partial charge in [0, 0.05) is 23.7 Å². The Morgan fingerprint density at radius 1 is 1.17 bits per heavy atom. The van der Waals surface area contributed by atoms with E-state index >= 15 is 0 Å². The van der Waals surface area contributed by atoms with Crippen LogP contribution in [0, 0.1) is 5.41 Å². The third-order valence-corrected chi connectivity index (χ3v) is 7.13. The number of rotatable bonds is 8. The van der Waals surface area contributed by atoms with Crippen LogP contribution in [0.15, 0.2) is 54.9 Å². The fraction of sp³-hybridized carbons (Fsp3) is 0.370. The Bertz CT molecular complexity index is 1390. The Morgan fingerprint density at radius 2 is 1.83 bits per heavy atom. The molecule has 0 saturated heterocycles. The van der Waals surface area contributed by atoms with Gasteiger partial charge in [-0.25, -0.2) is 14.5 Å². The standard InChI is InChI=1S/C27H29ClF3N7O3/c1-36(19-6-2-3-7-19)25(40)20-8-4-5-9-21(20)38-16-34-23(35-38)14-33-26(41)37(15-22(39)27(29,30)31)24(32)17-10-12-18(28)13-11-17/h4-5,8-13,16,19,22,32,39H,2-3,6-7,14-15H2,1H3,(H,33,41)/t22-/m0/s1. The van der Waals surface area contributed by atoms with Gasteiger partial charge in [0.15, 0.2) is 11.9 Å². The average molecular weight is 592 g/mol. The van der Waals surface area contributed by atoms with E-state index in [4.69, 9.17) is 17.0 Å². The van der Waals surface area contributed by atoms with Gasteiger partial charge in [0.1, 0.15) is 12.2 Å². The summed E-state index contributed by atoms with van der Waals surface area (Å²) in [6, 6.07) is 11.6. The molecule has 3 N–H and O–H groups in total. The molecule has 1 aliphatic carbocycles. The van der Waals surface area contributed by atoms with Gasteiger partial charge in [-0.05, 0) is 49.2 Å². The summed E-state index contributed by atoms with van der Waals surface area (Å²) in [5.41, 5.74) is 1.02. The van der Waals surface area contributed by atoms with E-state index in [1.807, 2.05) is 0 Å². The van der Waals surface area contributed by atoms with Gasteiger partial charge in [-0.15, -0.1) is 5.10 Å². The highest BCUT2D eigenvalue weighted by Crippen LogP contribution is 2.25. The summed E-state index contributed by atoms with van der Waals surface area (Å²) in [5, 5.41) is 25.0. The van der Waals surface area contributed by atoms with Gasteiger partial charge in [0.25, 0.3) is 5.91 Å². The number of amidine groups is 1.